The molecule has 2 heterocycles. The van der Waals surface area contributed by atoms with E-state index in [0.717, 1.165) is 22.9 Å². The molecular formula is C18H22ClN7OS. The number of nitrogens with one attached hydrogen (secondary N) is 2. The van der Waals surface area contributed by atoms with Crippen molar-refractivity contribution in [2.45, 2.75) is 20.0 Å². The van der Waals surface area contributed by atoms with Crippen LogP contribution in [0.15, 0.2) is 39.2 Å². The monoisotopic (exact) mass is 419 g/mol. The summed E-state index contributed by atoms with van der Waals surface area (Å²) >= 11 is 7.61. The zero-order valence-electron chi connectivity index (χ0n) is 15.9. The van der Waals surface area contributed by atoms with E-state index in [-0.39, 0.29) is 0 Å². The minimum absolute atomic E-state index is 0.361. The van der Waals surface area contributed by atoms with Gasteiger partial charge in [0.1, 0.15) is 0 Å². The molecule has 2 N–H and O–H groups in total. The third kappa shape index (κ3) is 5.43. The molecule has 0 fully saturated rings. The van der Waals surface area contributed by atoms with E-state index in [1.54, 1.807) is 23.5 Å². The van der Waals surface area contributed by atoms with Crippen LogP contribution in [-0.2, 0) is 13.1 Å². The third-order valence-corrected chi connectivity index (χ3v) is 4.92. The van der Waals surface area contributed by atoms with E-state index in [1.807, 2.05) is 43.4 Å². The number of halogens is 1. The number of rotatable bonds is 7. The maximum absolute atomic E-state index is 6.01. The second kappa shape index (κ2) is 9.52. The van der Waals surface area contributed by atoms with Crippen molar-refractivity contribution >= 4 is 34.0 Å². The summed E-state index contributed by atoms with van der Waals surface area (Å²) in [6, 6.07) is 7.33. The van der Waals surface area contributed by atoms with Crippen molar-refractivity contribution in [3.05, 3.63) is 46.3 Å². The molecular weight excluding hydrogens is 398 g/mol. The summed E-state index contributed by atoms with van der Waals surface area (Å²) in [6.45, 7) is 3.59. The summed E-state index contributed by atoms with van der Waals surface area (Å²) in [7, 11) is 3.94. The van der Waals surface area contributed by atoms with Gasteiger partial charge in [-0.25, -0.2) is 9.98 Å². The van der Waals surface area contributed by atoms with Gasteiger partial charge < -0.3 is 20.1 Å². The van der Waals surface area contributed by atoms with Crippen molar-refractivity contribution in [1.82, 2.24) is 25.8 Å². The lowest BCUT2D eigenvalue weighted by Crippen LogP contribution is -2.36. The highest BCUT2D eigenvalue weighted by atomic mass is 35.5. The van der Waals surface area contributed by atoms with Gasteiger partial charge in [0.25, 0.3) is 0 Å². The van der Waals surface area contributed by atoms with Crippen LogP contribution >= 0.6 is 22.9 Å². The molecule has 3 aromatic rings. The first-order valence-corrected chi connectivity index (χ1v) is 10.0. The van der Waals surface area contributed by atoms with Crippen molar-refractivity contribution in [3.8, 4) is 11.4 Å². The number of benzene rings is 1. The Kier molecular flexibility index (Phi) is 6.83. The average molecular weight is 420 g/mol. The maximum Gasteiger partial charge on any atom is 0.246 e. The number of aromatic nitrogens is 3. The second-order valence-corrected chi connectivity index (χ2v) is 7.36. The lowest BCUT2D eigenvalue weighted by atomic mass is 10.2. The molecule has 0 saturated heterocycles. The highest BCUT2D eigenvalue weighted by molar-refractivity contribution is 7.13. The van der Waals surface area contributed by atoms with E-state index in [9.17, 15) is 0 Å². The van der Waals surface area contributed by atoms with Gasteiger partial charge in [0, 0.05) is 36.6 Å². The van der Waals surface area contributed by atoms with E-state index in [4.69, 9.17) is 16.1 Å². The van der Waals surface area contributed by atoms with Crippen molar-refractivity contribution in [1.29, 1.82) is 0 Å². The Hall–Kier alpha value is -2.65. The van der Waals surface area contributed by atoms with Gasteiger partial charge in [0.05, 0.1) is 18.8 Å². The van der Waals surface area contributed by atoms with Crippen LogP contribution in [0.1, 0.15) is 18.5 Å². The van der Waals surface area contributed by atoms with E-state index in [2.05, 4.69) is 30.8 Å². The van der Waals surface area contributed by atoms with Crippen LogP contribution in [0.3, 0.4) is 0 Å². The van der Waals surface area contributed by atoms with Crippen LogP contribution in [0.2, 0.25) is 5.02 Å². The Balaban J connectivity index is 1.61. The molecule has 0 amide bonds. The Labute approximate surface area is 172 Å². The lowest BCUT2D eigenvalue weighted by Gasteiger charge is -2.09. The molecule has 0 bridgehead atoms. The molecule has 0 aliphatic carbocycles. The van der Waals surface area contributed by atoms with Gasteiger partial charge in [-0.3, -0.25) is 0 Å². The van der Waals surface area contributed by atoms with E-state index in [0.29, 0.717) is 35.8 Å². The minimum atomic E-state index is 0.361. The molecule has 0 atom stereocenters. The predicted molar refractivity (Wildman–Crippen MR) is 113 cm³/mol. The van der Waals surface area contributed by atoms with Crippen molar-refractivity contribution in [2.24, 2.45) is 4.99 Å². The molecule has 28 heavy (non-hydrogen) atoms. The van der Waals surface area contributed by atoms with E-state index >= 15 is 0 Å². The normalized spacial score (nSPS) is 11.5. The molecule has 0 unspecified atom stereocenters. The molecule has 1 aromatic carbocycles. The molecule has 148 valence electrons. The number of hydrogen-bond donors (Lipinski definition) is 2. The smallest absolute Gasteiger partial charge is 0.246 e. The standard InChI is InChI=1S/C18H22ClN7OS/c1-4-20-17(21-9-14-11-28-18(23-14)26(2)3)22-10-15-24-16(25-27-15)12-6-5-7-13(19)8-12/h5-8,11H,4,9-10H2,1-3H3,(H2,20,21,22). The molecule has 8 nitrogen and oxygen atoms in total. The summed E-state index contributed by atoms with van der Waals surface area (Å²) < 4.78 is 5.31. The van der Waals surface area contributed by atoms with Gasteiger partial charge in [-0.1, -0.05) is 28.9 Å². The molecule has 0 spiro atoms. The maximum atomic E-state index is 6.01. The Morgan fingerprint density at radius 2 is 2.14 bits per heavy atom. The van der Waals surface area contributed by atoms with Gasteiger partial charge in [0.2, 0.25) is 11.7 Å². The average Bonchev–Trinajstić information content (AvgIpc) is 3.34. The topological polar surface area (TPSA) is 91.5 Å². The van der Waals surface area contributed by atoms with E-state index in [1.165, 1.54) is 0 Å². The molecule has 10 heteroatoms. The fourth-order valence-corrected chi connectivity index (χ4v) is 3.25. The number of guanidine groups is 1. The first-order chi connectivity index (χ1) is 13.5. The van der Waals surface area contributed by atoms with Crippen LogP contribution < -0.4 is 15.5 Å². The van der Waals surface area contributed by atoms with Gasteiger partial charge in [0.15, 0.2) is 11.1 Å². The van der Waals surface area contributed by atoms with Gasteiger partial charge >= 0.3 is 0 Å². The lowest BCUT2D eigenvalue weighted by molar-refractivity contribution is 0.375. The number of aliphatic imine (C=N–C) groups is 1. The van der Waals surface area contributed by atoms with Crippen LogP contribution in [0.25, 0.3) is 11.4 Å². The molecule has 0 aliphatic heterocycles. The van der Waals surface area contributed by atoms with Crippen LogP contribution in [0.5, 0.6) is 0 Å². The van der Waals surface area contributed by atoms with Gasteiger partial charge in [-0.15, -0.1) is 11.3 Å². The molecule has 0 radical (unpaired) electrons. The quantitative estimate of drug-likeness (QED) is 0.449. The highest BCUT2D eigenvalue weighted by Crippen LogP contribution is 2.20. The predicted octanol–water partition coefficient (Wildman–Crippen LogP) is 3.17. The number of anilines is 1. The van der Waals surface area contributed by atoms with Crippen LogP contribution in [-0.4, -0.2) is 41.7 Å². The van der Waals surface area contributed by atoms with Crippen LogP contribution in [0, 0.1) is 0 Å². The fourth-order valence-electron chi connectivity index (χ4n) is 2.31. The summed E-state index contributed by atoms with van der Waals surface area (Å²) in [6.07, 6.45) is 0. The Bertz CT molecular complexity index is 937. The number of thiazole rings is 1. The zero-order valence-corrected chi connectivity index (χ0v) is 17.5. The summed E-state index contributed by atoms with van der Waals surface area (Å²) in [5, 5.41) is 14.0. The highest BCUT2D eigenvalue weighted by Gasteiger charge is 2.10. The van der Waals surface area contributed by atoms with Crippen LogP contribution in [0.4, 0.5) is 5.13 Å². The molecule has 3 rings (SSSR count). The Morgan fingerprint density at radius 3 is 2.86 bits per heavy atom. The van der Waals surface area contributed by atoms with Crippen molar-refractivity contribution < 1.29 is 4.52 Å². The van der Waals surface area contributed by atoms with Crippen molar-refractivity contribution in [2.75, 3.05) is 25.5 Å². The molecule has 2 aromatic heterocycles. The summed E-state index contributed by atoms with van der Waals surface area (Å²) in [5.41, 5.74) is 1.73. The fraction of sp³-hybridized carbons (Fsp3) is 0.333. The molecule has 0 saturated carbocycles. The van der Waals surface area contributed by atoms with Gasteiger partial charge in [-0.05, 0) is 19.1 Å². The zero-order chi connectivity index (χ0) is 19.9. The van der Waals surface area contributed by atoms with Crippen molar-refractivity contribution in [3.63, 3.8) is 0 Å². The summed E-state index contributed by atoms with van der Waals surface area (Å²) in [4.78, 5) is 15.5. The third-order valence-electron chi connectivity index (χ3n) is 3.62. The minimum Gasteiger partial charge on any atom is -0.357 e. The Morgan fingerprint density at radius 1 is 1.29 bits per heavy atom. The van der Waals surface area contributed by atoms with E-state index < -0.39 is 0 Å². The first-order valence-electron chi connectivity index (χ1n) is 8.77. The molecule has 0 aliphatic rings. The van der Waals surface area contributed by atoms with Gasteiger partial charge in [-0.2, -0.15) is 4.98 Å². The number of nitrogens with zero attached hydrogens (tertiary/aromatic N) is 5. The SMILES string of the molecule is CCNC(=NCc1csc(N(C)C)n1)NCc1nc(-c2cccc(Cl)c2)no1. The first kappa shape index (κ1) is 20.1. The summed E-state index contributed by atoms with van der Waals surface area (Å²) in [5.74, 6) is 1.62. The number of hydrogen-bond acceptors (Lipinski definition) is 7. The largest absolute Gasteiger partial charge is 0.357 e. The second-order valence-electron chi connectivity index (χ2n) is 6.09.